The normalized spacial score (nSPS) is 18.6. The van der Waals surface area contributed by atoms with Crippen LogP contribution in [0.5, 0.6) is 0 Å². The Kier molecular flexibility index (Phi) is 7.44. The number of rotatable bonds is 8. The van der Waals surface area contributed by atoms with Crippen molar-refractivity contribution in [2.45, 2.75) is 31.3 Å². The summed E-state index contributed by atoms with van der Waals surface area (Å²) in [6.45, 7) is 3.33. The number of aromatic nitrogens is 1. The van der Waals surface area contributed by atoms with Crippen molar-refractivity contribution in [1.82, 2.24) is 10.3 Å². The fourth-order valence-electron chi connectivity index (χ4n) is 3.66. The molecule has 2 heterocycles. The lowest BCUT2D eigenvalue weighted by Crippen LogP contribution is -2.42. The molecule has 140 valence electrons. The van der Waals surface area contributed by atoms with Crippen molar-refractivity contribution in [2.75, 3.05) is 33.4 Å². The Labute approximate surface area is 160 Å². The monoisotopic (exact) mass is 374 g/mol. The molecule has 1 saturated heterocycles. The van der Waals surface area contributed by atoms with E-state index in [2.05, 4.69) is 22.4 Å². The van der Waals surface area contributed by atoms with Crippen LogP contribution in [0.3, 0.4) is 0 Å². The molecular weight excluding hydrogens is 348 g/mol. The molecule has 1 fully saturated rings. The highest BCUT2D eigenvalue weighted by Gasteiger charge is 2.28. The van der Waals surface area contributed by atoms with Gasteiger partial charge < -0.3 is 14.8 Å². The minimum Gasteiger partial charge on any atom is -0.385 e. The van der Waals surface area contributed by atoms with E-state index in [9.17, 15) is 0 Å². The van der Waals surface area contributed by atoms with E-state index >= 15 is 0 Å². The third-order valence-corrected chi connectivity index (χ3v) is 5.23. The molecule has 5 heteroatoms. The molecule has 1 aromatic heterocycles. The number of unbranched alkanes of at least 4 members (excludes halogenated alkanes) is 1. The van der Waals surface area contributed by atoms with Crippen LogP contribution in [-0.2, 0) is 9.47 Å². The maximum atomic E-state index is 6.63. The van der Waals surface area contributed by atoms with E-state index in [0.717, 1.165) is 61.7 Å². The number of morpholine rings is 1. The van der Waals surface area contributed by atoms with Crippen molar-refractivity contribution in [2.24, 2.45) is 0 Å². The number of nitrogens with one attached hydrogen (secondary N) is 1. The van der Waals surface area contributed by atoms with Crippen LogP contribution in [0.25, 0.3) is 11.1 Å². The molecular formula is C21H27ClN2O2. The van der Waals surface area contributed by atoms with Gasteiger partial charge in [0.05, 0.1) is 12.7 Å². The van der Waals surface area contributed by atoms with Crippen LogP contribution in [0.1, 0.15) is 30.7 Å². The van der Waals surface area contributed by atoms with E-state index in [1.807, 2.05) is 24.4 Å². The van der Waals surface area contributed by atoms with E-state index in [-0.39, 0.29) is 12.0 Å². The highest BCUT2D eigenvalue weighted by molar-refractivity contribution is 6.33. The second kappa shape index (κ2) is 10.0. The first-order chi connectivity index (χ1) is 12.8. The molecule has 0 bridgehead atoms. The molecule has 0 radical (unpaired) electrons. The van der Waals surface area contributed by atoms with E-state index in [0.29, 0.717) is 0 Å². The topological polar surface area (TPSA) is 43.4 Å². The van der Waals surface area contributed by atoms with Gasteiger partial charge in [-0.25, -0.2) is 0 Å². The van der Waals surface area contributed by atoms with Crippen molar-refractivity contribution in [3.8, 4) is 11.1 Å². The summed E-state index contributed by atoms with van der Waals surface area (Å²) in [5.41, 5.74) is 3.38. The maximum Gasteiger partial charge on any atom is 0.0768 e. The molecule has 1 N–H and O–H groups in total. The molecule has 0 spiro atoms. The first-order valence-corrected chi connectivity index (χ1v) is 9.69. The fraction of sp³-hybridized carbons (Fsp3) is 0.476. The van der Waals surface area contributed by atoms with Crippen molar-refractivity contribution in [3.05, 3.63) is 53.3 Å². The van der Waals surface area contributed by atoms with Crippen molar-refractivity contribution < 1.29 is 9.47 Å². The highest BCUT2D eigenvalue weighted by Crippen LogP contribution is 2.39. The first kappa shape index (κ1) is 19.3. The molecule has 1 aliphatic rings. The van der Waals surface area contributed by atoms with Gasteiger partial charge in [-0.15, -0.1) is 0 Å². The van der Waals surface area contributed by atoms with Crippen LogP contribution >= 0.6 is 11.6 Å². The Morgan fingerprint density at radius 2 is 2.23 bits per heavy atom. The second-order valence-electron chi connectivity index (χ2n) is 6.65. The molecule has 26 heavy (non-hydrogen) atoms. The van der Waals surface area contributed by atoms with Crippen molar-refractivity contribution >= 4 is 11.6 Å². The molecule has 0 aliphatic carbocycles. The molecule has 0 amide bonds. The number of halogens is 1. The average Bonchev–Trinajstić information content (AvgIpc) is 2.69. The van der Waals surface area contributed by atoms with Gasteiger partial charge in [-0.3, -0.25) is 4.98 Å². The fourth-order valence-corrected chi connectivity index (χ4v) is 3.95. The van der Waals surface area contributed by atoms with E-state index in [1.54, 1.807) is 13.3 Å². The van der Waals surface area contributed by atoms with Gasteiger partial charge in [0.25, 0.3) is 0 Å². The summed E-state index contributed by atoms with van der Waals surface area (Å²) in [6, 6.07) is 10.2. The zero-order valence-corrected chi connectivity index (χ0v) is 16.0. The Balaban J connectivity index is 1.93. The first-order valence-electron chi connectivity index (χ1n) is 9.31. The number of methoxy groups -OCH3 is 1. The van der Waals surface area contributed by atoms with Crippen LogP contribution in [0.2, 0.25) is 5.02 Å². The van der Waals surface area contributed by atoms with Gasteiger partial charge in [0.1, 0.15) is 0 Å². The minimum atomic E-state index is 0.153. The smallest absolute Gasteiger partial charge is 0.0768 e. The molecule has 4 nitrogen and oxygen atoms in total. The van der Waals surface area contributed by atoms with Crippen LogP contribution in [-0.4, -0.2) is 44.5 Å². The number of nitrogens with zero attached hydrogens (tertiary/aromatic N) is 1. The lowest BCUT2D eigenvalue weighted by Gasteiger charge is -2.33. The molecule has 1 aromatic carbocycles. The van der Waals surface area contributed by atoms with Gasteiger partial charge in [-0.1, -0.05) is 36.2 Å². The highest BCUT2D eigenvalue weighted by atomic mass is 35.5. The molecule has 2 aromatic rings. The summed E-state index contributed by atoms with van der Waals surface area (Å²) < 4.78 is 11.3. The van der Waals surface area contributed by atoms with Gasteiger partial charge in [0.15, 0.2) is 0 Å². The van der Waals surface area contributed by atoms with Crippen LogP contribution < -0.4 is 5.32 Å². The SMILES string of the molecule is COCCCC[C@H](c1cccc(Cl)c1-c1cccnc1)[C@@H]1CNCCO1. The van der Waals surface area contributed by atoms with Gasteiger partial charge in [0, 0.05) is 61.3 Å². The van der Waals surface area contributed by atoms with Crippen LogP contribution in [0.4, 0.5) is 0 Å². The maximum absolute atomic E-state index is 6.63. The summed E-state index contributed by atoms with van der Waals surface area (Å²) in [6.07, 6.45) is 7.01. The zero-order valence-electron chi connectivity index (χ0n) is 15.3. The lowest BCUT2D eigenvalue weighted by atomic mass is 9.83. The van der Waals surface area contributed by atoms with Gasteiger partial charge in [0.2, 0.25) is 0 Å². The largest absolute Gasteiger partial charge is 0.385 e. The van der Waals surface area contributed by atoms with E-state index < -0.39 is 0 Å². The summed E-state index contributed by atoms with van der Waals surface area (Å²) in [5, 5.41) is 4.23. The summed E-state index contributed by atoms with van der Waals surface area (Å²) in [7, 11) is 1.75. The van der Waals surface area contributed by atoms with Gasteiger partial charge in [-0.2, -0.15) is 0 Å². The molecule has 0 saturated carbocycles. The van der Waals surface area contributed by atoms with E-state index in [4.69, 9.17) is 21.1 Å². The molecule has 0 unspecified atom stereocenters. The predicted octanol–water partition coefficient (Wildman–Crippen LogP) is 4.29. The molecule has 2 atom stereocenters. The number of ether oxygens (including phenoxy) is 2. The Bertz CT molecular complexity index is 675. The Morgan fingerprint density at radius 1 is 1.31 bits per heavy atom. The van der Waals surface area contributed by atoms with Gasteiger partial charge in [-0.05, 0) is 30.5 Å². The predicted molar refractivity (Wildman–Crippen MR) is 106 cm³/mol. The minimum absolute atomic E-state index is 0.153. The number of pyridine rings is 1. The zero-order chi connectivity index (χ0) is 18.2. The summed E-state index contributed by atoms with van der Waals surface area (Å²) in [4.78, 5) is 4.28. The molecule has 3 rings (SSSR count). The quantitative estimate of drug-likeness (QED) is 0.700. The Hall–Kier alpha value is -1.46. The van der Waals surface area contributed by atoms with E-state index in [1.165, 1.54) is 5.56 Å². The molecule has 1 aliphatic heterocycles. The van der Waals surface area contributed by atoms with Crippen molar-refractivity contribution in [1.29, 1.82) is 0 Å². The lowest BCUT2D eigenvalue weighted by molar-refractivity contribution is 0.00858. The summed E-state index contributed by atoms with van der Waals surface area (Å²) >= 11 is 6.63. The van der Waals surface area contributed by atoms with Gasteiger partial charge >= 0.3 is 0 Å². The van der Waals surface area contributed by atoms with Crippen LogP contribution in [0, 0.1) is 0 Å². The Morgan fingerprint density at radius 3 is 2.96 bits per heavy atom. The number of benzene rings is 1. The van der Waals surface area contributed by atoms with Crippen molar-refractivity contribution in [3.63, 3.8) is 0 Å². The summed E-state index contributed by atoms with van der Waals surface area (Å²) in [5.74, 6) is 0.286. The van der Waals surface area contributed by atoms with Crippen LogP contribution in [0.15, 0.2) is 42.7 Å². The third kappa shape index (κ3) is 4.83. The number of hydrogen-bond donors (Lipinski definition) is 1. The third-order valence-electron chi connectivity index (χ3n) is 4.91. The standard InChI is InChI=1S/C21H27ClN2O2/c1-25-12-3-2-7-17(20-15-24-11-13-26-20)18-8-4-9-19(22)21(18)16-6-5-10-23-14-16/h4-6,8-10,14,17,20,24H,2-3,7,11-13,15H2,1H3/t17-,20+/m1/s1. The number of hydrogen-bond acceptors (Lipinski definition) is 4. The second-order valence-corrected chi connectivity index (χ2v) is 7.06. The average molecular weight is 375 g/mol.